The maximum absolute atomic E-state index is 13.2. The molecule has 4 rings (SSSR count). The highest BCUT2D eigenvalue weighted by atomic mass is 35.5. The van der Waals surface area contributed by atoms with E-state index in [9.17, 15) is 4.79 Å². The van der Waals surface area contributed by atoms with Crippen molar-refractivity contribution >= 4 is 34.7 Å². The molecule has 1 aromatic heterocycles. The maximum Gasteiger partial charge on any atom is 0.277 e. The van der Waals surface area contributed by atoms with Crippen molar-refractivity contribution in [2.45, 2.75) is 26.3 Å². The first kappa shape index (κ1) is 17.5. The number of aromatic nitrogens is 2. The summed E-state index contributed by atoms with van der Waals surface area (Å²) in [5, 5.41) is 3.76. The molecule has 1 atom stereocenters. The second-order valence-corrected chi connectivity index (χ2v) is 7.05. The van der Waals surface area contributed by atoms with Gasteiger partial charge in [-0.05, 0) is 44.0 Å². The smallest absolute Gasteiger partial charge is 0.277 e. The molecule has 0 aliphatic carbocycles. The number of nitrogens with one attached hydrogen (secondary N) is 1. The zero-order chi connectivity index (χ0) is 19.0. The Morgan fingerprint density at radius 1 is 1.15 bits per heavy atom. The Balaban J connectivity index is 1.67. The molecule has 0 radical (unpaired) electrons. The van der Waals surface area contributed by atoms with Crippen LogP contribution in [0.25, 0.3) is 0 Å². The Hall–Kier alpha value is -2.92. The summed E-state index contributed by atoms with van der Waals surface area (Å²) in [6, 6.07) is 17.2. The molecule has 2 heterocycles. The third-order valence-electron chi connectivity index (χ3n) is 4.62. The van der Waals surface area contributed by atoms with Crippen molar-refractivity contribution in [2.24, 2.45) is 0 Å². The Bertz CT molecular complexity index is 1020. The van der Waals surface area contributed by atoms with Crippen LogP contribution in [0.5, 0.6) is 0 Å². The highest BCUT2D eigenvalue weighted by molar-refractivity contribution is 6.33. The average molecular weight is 379 g/mol. The van der Waals surface area contributed by atoms with Crippen LogP contribution in [0, 0.1) is 6.92 Å². The standard InChI is InChI=1S/C21H19ClN4O/c1-13-11-15-7-3-6-10-19(15)26(13)21(27)18-12-20(24-14(2)23-18)25-17-9-5-4-8-16(17)22/h3-10,12-13H,11H2,1-2H3,(H,23,24,25). The number of anilines is 3. The van der Waals surface area contributed by atoms with E-state index >= 15 is 0 Å². The average Bonchev–Trinajstić information content (AvgIpc) is 2.98. The van der Waals surface area contributed by atoms with Crippen LogP contribution < -0.4 is 10.2 Å². The maximum atomic E-state index is 13.2. The summed E-state index contributed by atoms with van der Waals surface area (Å²) in [5.74, 6) is 0.940. The number of benzene rings is 2. The lowest BCUT2D eigenvalue weighted by Gasteiger charge is -2.22. The van der Waals surface area contributed by atoms with Crippen LogP contribution in [0.15, 0.2) is 54.6 Å². The van der Waals surface area contributed by atoms with E-state index in [1.54, 1.807) is 19.1 Å². The minimum Gasteiger partial charge on any atom is -0.339 e. The number of carbonyl (C=O) groups excluding carboxylic acids is 1. The molecule has 0 bridgehead atoms. The molecule has 3 aromatic rings. The summed E-state index contributed by atoms with van der Waals surface area (Å²) in [6.45, 7) is 3.82. The molecule has 2 aromatic carbocycles. The van der Waals surface area contributed by atoms with Gasteiger partial charge in [0.15, 0.2) is 0 Å². The van der Waals surface area contributed by atoms with Gasteiger partial charge in [0.1, 0.15) is 17.3 Å². The number of fused-ring (bicyclic) bond motifs is 1. The van der Waals surface area contributed by atoms with Crippen molar-refractivity contribution in [3.8, 4) is 0 Å². The lowest BCUT2D eigenvalue weighted by Crippen LogP contribution is -2.36. The Kier molecular flexibility index (Phi) is 4.54. The van der Waals surface area contributed by atoms with E-state index in [0.717, 1.165) is 17.8 Å². The zero-order valence-corrected chi connectivity index (χ0v) is 15.9. The van der Waals surface area contributed by atoms with Crippen molar-refractivity contribution in [1.82, 2.24) is 9.97 Å². The van der Waals surface area contributed by atoms with Crippen LogP contribution in [-0.4, -0.2) is 21.9 Å². The Morgan fingerprint density at radius 2 is 1.89 bits per heavy atom. The number of rotatable bonds is 3. The summed E-state index contributed by atoms with van der Waals surface area (Å²) in [5.41, 5.74) is 3.22. The topological polar surface area (TPSA) is 58.1 Å². The van der Waals surface area contributed by atoms with Crippen LogP contribution in [0.1, 0.15) is 28.8 Å². The van der Waals surface area contributed by atoms with Crippen molar-refractivity contribution in [2.75, 3.05) is 10.2 Å². The van der Waals surface area contributed by atoms with Crippen molar-refractivity contribution < 1.29 is 4.79 Å². The highest BCUT2D eigenvalue weighted by Crippen LogP contribution is 2.33. The Morgan fingerprint density at radius 3 is 2.70 bits per heavy atom. The molecule has 0 fully saturated rings. The number of halogens is 1. The molecular formula is C21H19ClN4O. The Labute approximate surface area is 163 Å². The lowest BCUT2D eigenvalue weighted by molar-refractivity contribution is 0.0976. The summed E-state index contributed by atoms with van der Waals surface area (Å²) >= 11 is 6.21. The van der Waals surface area contributed by atoms with Gasteiger partial charge >= 0.3 is 0 Å². The molecule has 136 valence electrons. The van der Waals surface area contributed by atoms with Crippen molar-refractivity contribution in [3.05, 3.63) is 76.7 Å². The minimum absolute atomic E-state index is 0.0881. The first-order valence-electron chi connectivity index (χ1n) is 8.81. The summed E-state index contributed by atoms with van der Waals surface area (Å²) in [6.07, 6.45) is 0.844. The van der Waals surface area contributed by atoms with E-state index in [-0.39, 0.29) is 11.9 Å². The number of hydrogen-bond acceptors (Lipinski definition) is 4. The molecule has 0 saturated carbocycles. The fourth-order valence-corrected chi connectivity index (χ4v) is 3.62. The van der Waals surface area contributed by atoms with Gasteiger partial charge in [0.25, 0.3) is 5.91 Å². The van der Waals surface area contributed by atoms with Gasteiger partial charge < -0.3 is 10.2 Å². The van der Waals surface area contributed by atoms with E-state index < -0.39 is 0 Å². The minimum atomic E-state index is -0.125. The normalized spacial score (nSPS) is 15.5. The molecule has 0 spiro atoms. The molecule has 0 saturated heterocycles. The highest BCUT2D eigenvalue weighted by Gasteiger charge is 2.32. The first-order valence-corrected chi connectivity index (χ1v) is 9.19. The van der Waals surface area contributed by atoms with E-state index in [0.29, 0.717) is 22.4 Å². The van der Waals surface area contributed by atoms with E-state index in [1.807, 2.05) is 41.3 Å². The summed E-state index contributed by atoms with van der Waals surface area (Å²) in [7, 11) is 0. The molecular weight excluding hydrogens is 360 g/mol. The van der Waals surface area contributed by atoms with E-state index in [4.69, 9.17) is 11.6 Å². The summed E-state index contributed by atoms with van der Waals surface area (Å²) in [4.78, 5) is 23.8. The van der Waals surface area contributed by atoms with Gasteiger partial charge in [-0.1, -0.05) is 41.9 Å². The fraction of sp³-hybridized carbons (Fsp3) is 0.190. The van der Waals surface area contributed by atoms with Crippen LogP contribution in [0.4, 0.5) is 17.2 Å². The van der Waals surface area contributed by atoms with Gasteiger partial charge in [0.2, 0.25) is 0 Å². The predicted molar refractivity (Wildman–Crippen MR) is 108 cm³/mol. The number of amides is 1. The van der Waals surface area contributed by atoms with Crippen LogP contribution in [0.2, 0.25) is 5.02 Å². The van der Waals surface area contributed by atoms with Crippen molar-refractivity contribution in [3.63, 3.8) is 0 Å². The van der Waals surface area contributed by atoms with Crippen LogP contribution in [-0.2, 0) is 6.42 Å². The molecule has 1 unspecified atom stereocenters. The monoisotopic (exact) mass is 378 g/mol. The van der Waals surface area contributed by atoms with E-state index in [2.05, 4.69) is 28.3 Å². The number of hydrogen-bond donors (Lipinski definition) is 1. The van der Waals surface area contributed by atoms with Gasteiger partial charge in [-0.3, -0.25) is 4.79 Å². The molecule has 27 heavy (non-hydrogen) atoms. The zero-order valence-electron chi connectivity index (χ0n) is 15.1. The van der Waals surface area contributed by atoms with Gasteiger partial charge in [0, 0.05) is 17.8 Å². The number of para-hydroxylation sites is 2. The van der Waals surface area contributed by atoms with E-state index in [1.165, 1.54) is 5.56 Å². The molecule has 5 nitrogen and oxygen atoms in total. The molecule has 1 aliphatic rings. The quantitative estimate of drug-likeness (QED) is 0.713. The lowest BCUT2D eigenvalue weighted by atomic mass is 10.1. The van der Waals surface area contributed by atoms with Gasteiger partial charge in [-0.15, -0.1) is 0 Å². The molecule has 6 heteroatoms. The molecule has 1 N–H and O–H groups in total. The summed E-state index contributed by atoms with van der Waals surface area (Å²) < 4.78 is 0. The second kappa shape index (κ2) is 7.00. The molecule has 1 aliphatic heterocycles. The van der Waals surface area contributed by atoms with Crippen molar-refractivity contribution in [1.29, 1.82) is 0 Å². The third kappa shape index (κ3) is 3.38. The predicted octanol–water partition coefficient (Wildman–Crippen LogP) is 4.77. The van der Waals surface area contributed by atoms with Crippen LogP contribution >= 0.6 is 11.6 Å². The number of nitrogens with zero attached hydrogens (tertiary/aromatic N) is 3. The largest absolute Gasteiger partial charge is 0.339 e. The van der Waals surface area contributed by atoms with Gasteiger partial charge in [-0.2, -0.15) is 0 Å². The molecule has 1 amide bonds. The third-order valence-corrected chi connectivity index (χ3v) is 4.95. The number of aryl methyl sites for hydroxylation is 1. The SMILES string of the molecule is Cc1nc(Nc2ccccc2Cl)cc(C(=O)N2c3ccccc3CC2C)n1. The second-order valence-electron chi connectivity index (χ2n) is 6.65. The number of carbonyl (C=O) groups is 1. The fourth-order valence-electron chi connectivity index (χ4n) is 3.44. The van der Waals surface area contributed by atoms with Gasteiger partial charge in [0.05, 0.1) is 10.7 Å². The van der Waals surface area contributed by atoms with Crippen LogP contribution in [0.3, 0.4) is 0 Å². The first-order chi connectivity index (χ1) is 13.0. The van der Waals surface area contributed by atoms with Gasteiger partial charge in [-0.25, -0.2) is 9.97 Å².